The molecular weight excluding hydrogens is 423 g/mol. The molecule has 0 radical (unpaired) electrons. The molecule has 1 N–H and O–H groups in total. The number of benzene rings is 2. The van der Waals surface area contributed by atoms with Gasteiger partial charge < -0.3 is 4.98 Å². The van der Waals surface area contributed by atoms with Crippen molar-refractivity contribution in [2.75, 3.05) is 0 Å². The zero-order valence-electron chi connectivity index (χ0n) is 16.9. The first-order chi connectivity index (χ1) is 14.9. The standard InChI is InChI=1S/C24H21ClF3N3/c1-12(24-30-20-11-18(27)22(28)21(25)23(20)31-24)13-2-4-14(5-3-13)16-8-9-29-19-7-6-15(26)10-17(16)19/h6-14H,2-5H2,1H3,(H,30,31)/t12-,13-,14+/m0/s1. The molecule has 0 aliphatic heterocycles. The summed E-state index contributed by atoms with van der Waals surface area (Å²) in [6.07, 6.45) is 5.72. The number of nitrogens with zero attached hydrogens (tertiary/aromatic N) is 2. The van der Waals surface area contributed by atoms with E-state index in [1.165, 1.54) is 6.07 Å². The molecule has 31 heavy (non-hydrogen) atoms. The number of imidazole rings is 1. The second-order valence-electron chi connectivity index (χ2n) is 8.46. The van der Waals surface area contributed by atoms with Gasteiger partial charge in [-0.15, -0.1) is 0 Å². The van der Waals surface area contributed by atoms with Gasteiger partial charge in [0.1, 0.15) is 16.7 Å². The smallest absolute Gasteiger partial charge is 0.179 e. The van der Waals surface area contributed by atoms with Gasteiger partial charge in [-0.1, -0.05) is 18.5 Å². The van der Waals surface area contributed by atoms with Crippen LogP contribution in [0.3, 0.4) is 0 Å². The summed E-state index contributed by atoms with van der Waals surface area (Å²) in [6.45, 7) is 2.08. The highest BCUT2D eigenvalue weighted by atomic mass is 35.5. The van der Waals surface area contributed by atoms with Crippen LogP contribution in [0.4, 0.5) is 13.2 Å². The summed E-state index contributed by atoms with van der Waals surface area (Å²) < 4.78 is 41.3. The van der Waals surface area contributed by atoms with E-state index in [9.17, 15) is 13.2 Å². The molecule has 4 aromatic rings. The highest BCUT2D eigenvalue weighted by Gasteiger charge is 2.29. The molecule has 0 bridgehead atoms. The number of hydrogen-bond donors (Lipinski definition) is 1. The number of aromatic amines is 1. The fourth-order valence-corrected chi connectivity index (χ4v) is 5.17. The Labute approximate surface area is 182 Å². The van der Waals surface area contributed by atoms with Crippen molar-refractivity contribution in [1.29, 1.82) is 0 Å². The second-order valence-corrected chi connectivity index (χ2v) is 8.84. The third-order valence-electron chi connectivity index (χ3n) is 6.72. The number of H-pyrrole nitrogens is 1. The molecule has 1 aliphatic carbocycles. The topological polar surface area (TPSA) is 41.6 Å². The minimum Gasteiger partial charge on any atom is -0.340 e. The van der Waals surface area contributed by atoms with E-state index in [-0.39, 0.29) is 16.8 Å². The first-order valence-electron chi connectivity index (χ1n) is 10.5. The number of rotatable bonds is 3. The summed E-state index contributed by atoms with van der Waals surface area (Å²) >= 11 is 5.96. The minimum absolute atomic E-state index is 0.0992. The van der Waals surface area contributed by atoms with Gasteiger partial charge in [0.25, 0.3) is 0 Å². The van der Waals surface area contributed by atoms with Gasteiger partial charge in [0.2, 0.25) is 0 Å². The maximum atomic E-state index is 13.8. The Kier molecular flexibility index (Phi) is 5.13. The van der Waals surface area contributed by atoms with Crippen LogP contribution < -0.4 is 0 Å². The molecular formula is C24H21ClF3N3. The van der Waals surface area contributed by atoms with Crippen molar-refractivity contribution in [3.63, 3.8) is 0 Å². The van der Waals surface area contributed by atoms with Crippen LogP contribution in [0.1, 0.15) is 55.8 Å². The number of hydrogen-bond acceptors (Lipinski definition) is 2. The van der Waals surface area contributed by atoms with Gasteiger partial charge in [-0.05, 0) is 67.3 Å². The molecule has 1 atom stereocenters. The van der Waals surface area contributed by atoms with Crippen LogP contribution in [-0.4, -0.2) is 15.0 Å². The fourth-order valence-electron chi connectivity index (χ4n) is 4.94. The first-order valence-corrected chi connectivity index (χ1v) is 10.9. The van der Waals surface area contributed by atoms with E-state index in [0.717, 1.165) is 48.2 Å². The number of pyridine rings is 1. The van der Waals surface area contributed by atoms with Crippen molar-refractivity contribution in [3.8, 4) is 0 Å². The van der Waals surface area contributed by atoms with Crippen molar-refractivity contribution in [1.82, 2.24) is 15.0 Å². The minimum atomic E-state index is -1.06. The summed E-state index contributed by atoms with van der Waals surface area (Å²) in [5, 5.41) is 0.622. The predicted octanol–water partition coefficient (Wildman–Crippen LogP) is 7.26. The molecule has 160 valence electrons. The Morgan fingerprint density at radius 2 is 1.81 bits per heavy atom. The van der Waals surface area contributed by atoms with Gasteiger partial charge in [0.05, 0.1) is 16.6 Å². The van der Waals surface area contributed by atoms with E-state index in [4.69, 9.17) is 11.6 Å². The van der Waals surface area contributed by atoms with Crippen molar-refractivity contribution < 1.29 is 13.2 Å². The quantitative estimate of drug-likeness (QED) is 0.338. The fraction of sp³-hybridized carbons (Fsp3) is 0.333. The molecule has 5 rings (SSSR count). The summed E-state index contributed by atoms with van der Waals surface area (Å²) in [7, 11) is 0. The molecule has 0 amide bonds. The van der Waals surface area contributed by atoms with Gasteiger partial charge in [0, 0.05) is 23.6 Å². The zero-order chi connectivity index (χ0) is 21.7. The number of halogens is 4. The largest absolute Gasteiger partial charge is 0.340 e. The predicted molar refractivity (Wildman–Crippen MR) is 116 cm³/mol. The molecule has 7 heteroatoms. The van der Waals surface area contributed by atoms with Gasteiger partial charge in [-0.3, -0.25) is 4.98 Å². The Hall–Kier alpha value is -2.60. The van der Waals surface area contributed by atoms with E-state index in [2.05, 4.69) is 21.9 Å². The normalized spacial score (nSPS) is 20.4. The number of nitrogens with one attached hydrogen (secondary N) is 1. The molecule has 1 aliphatic rings. The molecule has 1 saturated carbocycles. The highest BCUT2D eigenvalue weighted by molar-refractivity contribution is 6.35. The van der Waals surface area contributed by atoms with Gasteiger partial charge in [0.15, 0.2) is 11.6 Å². The average molecular weight is 444 g/mol. The van der Waals surface area contributed by atoms with Crippen molar-refractivity contribution in [2.24, 2.45) is 5.92 Å². The molecule has 2 aromatic carbocycles. The average Bonchev–Trinajstić information content (AvgIpc) is 3.21. The maximum absolute atomic E-state index is 13.8. The third kappa shape index (κ3) is 3.57. The van der Waals surface area contributed by atoms with Crippen molar-refractivity contribution in [2.45, 2.75) is 44.4 Å². The summed E-state index contributed by atoms with van der Waals surface area (Å²) in [6, 6.07) is 7.81. The lowest BCUT2D eigenvalue weighted by molar-refractivity contribution is 0.286. The molecule has 0 unspecified atom stereocenters. The molecule has 2 heterocycles. The maximum Gasteiger partial charge on any atom is 0.179 e. The van der Waals surface area contributed by atoms with Crippen molar-refractivity contribution in [3.05, 3.63) is 70.4 Å². The molecule has 1 fully saturated rings. The van der Waals surface area contributed by atoms with E-state index in [0.29, 0.717) is 28.7 Å². The van der Waals surface area contributed by atoms with Crippen LogP contribution >= 0.6 is 11.6 Å². The van der Waals surface area contributed by atoms with Crippen LogP contribution in [0.5, 0.6) is 0 Å². The Morgan fingerprint density at radius 3 is 2.58 bits per heavy atom. The highest BCUT2D eigenvalue weighted by Crippen LogP contribution is 2.43. The van der Waals surface area contributed by atoms with E-state index < -0.39 is 11.6 Å². The lowest BCUT2D eigenvalue weighted by Gasteiger charge is -2.32. The molecule has 0 spiro atoms. The van der Waals surface area contributed by atoms with Gasteiger partial charge in [-0.2, -0.15) is 0 Å². The Morgan fingerprint density at radius 1 is 1.03 bits per heavy atom. The third-order valence-corrected chi connectivity index (χ3v) is 7.08. The van der Waals surface area contributed by atoms with Crippen LogP contribution in [-0.2, 0) is 0 Å². The SMILES string of the molecule is C[C@H](c1nc2cc(F)c(F)c(Cl)c2[nH]1)[C@H]1CC[C@@H](c2ccnc3ccc(F)cc32)CC1. The summed E-state index contributed by atoms with van der Waals surface area (Å²) in [4.78, 5) is 11.9. The molecule has 0 saturated heterocycles. The summed E-state index contributed by atoms with van der Waals surface area (Å²) in [5.74, 6) is -0.771. The Bertz CT molecular complexity index is 1280. The van der Waals surface area contributed by atoms with Gasteiger partial charge in [-0.25, -0.2) is 18.2 Å². The summed E-state index contributed by atoms with van der Waals surface area (Å²) in [5.41, 5.74) is 2.64. The van der Waals surface area contributed by atoms with E-state index >= 15 is 0 Å². The molecule has 3 nitrogen and oxygen atoms in total. The second kappa shape index (κ2) is 7.83. The van der Waals surface area contributed by atoms with Crippen LogP contribution in [0.2, 0.25) is 5.02 Å². The first kappa shape index (κ1) is 20.3. The van der Waals surface area contributed by atoms with Crippen LogP contribution in [0, 0.1) is 23.4 Å². The van der Waals surface area contributed by atoms with Crippen LogP contribution in [0.25, 0.3) is 21.9 Å². The van der Waals surface area contributed by atoms with E-state index in [1.54, 1.807) is 18.3 Å². The lowest BCUT2D eigenvalue weighted by atomic mass is 9.73. The monoisotopic (exact) mass is 443 g/mol. The van der Waals surface area contributed by atoms with E-state index in [1.807, 2.05) is 6.07 Å². The van der Waals surface area contributed by atoms with Crippen LogP contribution in [0.15, 0.2) is 36.5 Å². The number of fused-ring (bicyclic) bond motifs is 2. The molecule has 2 aromatic heterocycles. The Balaban J connectivity index is 1.36. The van der Waals surface area contributed by atoms with Crippen molar-refractivity contribution >= 4 is 33.5 Å². The lowest BCUT2D eigenvalue weighted by Crippen LogP contribution is -2.19. The number of aromatic nitrogens is 3. The zero-order valence-corrected chi connectivity index (χ0v) is 17.7. The van der Waals surface area contributed by atoms with Gasteiger partial charge >= 0.3 is 0 Å².